The fraction of sp³-hybridized carbons (Fsp3) is 0.188. The van der Waals surface area contributed by atoms with Gasteiger partial charge in [0, 0.05) is 17.0 Å². The zero-order chi connectivity index (χ0) is 15.2. The second-order valence-electron chi connectivity index (χ2n) is 4.29. The van der Waals surface area contributed by atoms with Crippen molar-refractivity contribution in [2.75, 3.05) is 12.4 Å². The third kappa shape index (κ3) is 3.05. The molecule has 0 atom stereocenters. The van der Waals surface area contributed by atoms with E-state index in [2.05, 4.69) is 17.1 Å². The number of aromatic nitrogens is 1. The van der Waals surface area contributed by atoms with Crippen LogP contribution in [0, 0.1) is 29.6 Å². The lowest BCUT2D eigenvalue weighted by molar-refractivity contribution is 0.322. The quantitative estimate of drug-likeness (QED) is 0.877. The van der Waals surface area contributed by atoms with Gasteiger partial charge in [-0.05, 0) is 12.5 Å². The molecule has 0 saturated heterocycles. The molecule has 21 heavy (non-hydrogen) atoms. The number of aliphatic hydroxyl groups is 1. The molecule has 4 nitrogen and oxygen atoms in total. The van der Waals surface area contributed by atoms with Crippen LogP contribution >= 0.6 is 11.8 Å². The third-order valence-electron chi connectivity index (χ3n) is 2.96. The Labute approximate surface area is 127 Å². The Morgan fingerprint density at radius 2 is 1.81 bits per heavy atom. The van der Waals surface area contributed by atoms with E-state index in [9.17, 15) is 10.5 Å². The Balaban J connectivity index is 2.69. The molecule has 1 aromatic heterocycles. The number of aliphatic hydroxyl groups excluding tert-OH is 1. The van der Waals surface area contributed by atoms with Crippen molar-refractivity contribution in [1.82, 2.24) is 4.98 Å². The zero-order valence-electron chi connectivity index (χ0n) is 11.5. The summed E-state index contributed by atoms with van der Waals surface area (Å²) in [6.45, 7) is 1.83. The molecule has 0 fully saturated rings. The normalized spacial score (nSPS) is 9.90. The highest BCUT2D eigenvalue weighted by molar-refractivity contribution is 7.99. The molecule has 5 heteroatoms. The van der Waals surface area contributed by atoms with E-state index in [-0.39, 0.29) is 12.2 Å². The van der Waals surface area contributed by atoms with E-state index < -0.39 is 0 Å². The van der Waals surface area contributed by atoms with Gasteiger partial charge in [0.2, 0.25) is 0 Å². The molecule has 0 bridgehead atoms. The standard InChI is InChI=1S/C16H13N3OS/c1-11-15(12-5-3-2-4-6-12)13(9-17)14(10-18)16(19-11)21-8-7-20/h2-6,20H,7-8H2,1H3. The van der Waals surface area contributed by atoms with Gasteiger partial charge in [-0.2, -0.15) is 10.5 Å². The Morgan fingerprint density at radius 3 is 2.38 bits per heavy atom. The van der Waals surface area contributed by atoms with E-state index in [4.69, 9.17) is 5.11 Å². The number of nitriles is 2. The minimum Gasteiger partial charge on any atom is -0.396 e. The molecule has 0 saturated carbocycles. The molecule has 0 aliphatic heterocycles. The molecule has 0 spiro atoms. The highest BCUT2D eigenvalue weighted by Crippen LogP contribution is 2.33. The Hall–Kier alpha value is -2.34. The summed E-state index contributed by atoms with van der Waals surface area (Å²) in [5.41, 5.74) is 2.89. The van der Waals surface area contributed by atoms with Crippen molar-refractivity contribution in [2.24, 2.45) is 0 Å². The molecule has 1 heterocycles. The van der Waals surface area contributed by atoms with Gasteiger partial charge in [-0.15, -0.1) is 11.8 Å². The average molecular weight is 295 g/mol. The number of rotatable bonds is 4. The molecular weight excluding hydrogens is 282 g/mol. The topological polar surface area (TPSA) is 80.7 Å². The van der Waals surface area contributed by atoms with E-state index in [0.29, 0.717) is 27.6 Å². The van der Waals surface area contributed by atoms with Gasteiger partial charge in [-0.3, -0.25) is 0 Å². The van der Waals surface area contributed by atoms with Crippen LogP contribution in [0.15, 0.2) is 35.4 Å². The monoisotopic (exact) mass is 295 g/mol. The molecular formula is C16H13N3OS. The fourth-order valence-corrected chi connectivity index (χ4v) is 2.88. The number of aryl methyl sites for hydroxylation is 1. The smallest absolute Gasteiger partial charge is 0.116 e. The van der Waals surface area contributed by atoms with Crippen molar-refractivity contribution in [3.63, 3.8) is 0 Å². The van der Waals surface area contributed by atoms with Crippen LogP contribution in [0.3, 0.4) is 0 Å². The van der Waals surface area contributed by atoms with Gasteiger partial charge < -0.3 is 5.11 Å². The first kappa shape index (κ1) is 15.1. The summed E-state index contributed by atoms with van der Waals surface area (Å²) in [4.78, 5) is 4.44. The Bertz CT molecular complexity index is 730. The lowest BCUT2D eigenvalue weighted by Gasteiger charge is -2.12. The lowest BCUT2D eigenvalue weighted by atomic mass is 9.96. The summed E-state index contributed by atoms with van der Waals surface area (Å²) in [5, 5.41) is 28.3. The zero-order valence-corrected chi connectivity index (χ0v) is 12.3. The SMILES string of the molecule is Cc1nc(SCCO)c(C#N)c(C#N)c1-c1ccccc1. The van der Waals surface area contributed by atoms with E-state index in [1.165, 1.54) is 11.8 Å². The second-order valence-corrected chi connectivity index (χ2v) is 5.37. The minimum absolute atomic E-state index is 0.00140. The Morgan fingerprint density at radius 1 is 1.14 bits per heavy atom. The fourth-order valence-electron chi connectivity index (χ4n) is 2.10. The molecule has 0 unspecified atom stereocenters. The number of hydrogen-bond acceptors (Lipinski definition) is 5. The molecule has 0 aliphatic rings. The van der Waals surface area contributed by atoms with Crippen molar-refractivity contribution in [3.05, 3.63) is 47.2 Å². The molecule has 1 aromatic carbocycles. The van der Waals surface area contributed by atoms with Gasteiger partial charge in [-0.1, -0.05) is 30.3 Å². The summed E-state index contributed by atoms with van der Waals surface area (Å²) in [6, 6.07) is 13.7. The van der Waals surface area contributed by atoms with E-state index >= 15 is 0 Å². The maximum absolute atomic E-state index is 9.48. The van der Waals surface area contributed by atoms with Gasteiger partial charge in [0.25, 0.3) is 0 Å². The predicted molar refractivity (Wildman–Crippen MR) is 81.6 cm³/mol. The Kier molecular flexibility index (Phi) is 4.94. The highest BCUT2D eigenvalue weighted by Gasteiger charge is 2.19. The summed E-state index contributed by atoms with van der Waals surface area (Å²) in [7, 11) is 0. The van der Waals surface area contributed by atoms with Gasteiger partial charge in [0.1, 0.15) is 22.7 Å². The lowest BCUT2D eigenvalue weighted by Crippen LogP contribution is -2.01. The second kappa shape index (κ2) is 6.90. The van der Waals surface area contributed by atoms with Crippen molar-refractivity contribution in [3.8, 4) is 23.3 Å². The van der Waals surface area contributed by atoms with Crippen LogP contribution in [0.1, 0.15) is 16.8 Å². The van der Waals surface area contributed by atoms with Crippen LogP contribution in [0.2, 0.25) is 0 Å². The van der Waals surface area contributed by atoms with Crippen LogP contribution < -0.4 is 0 Å². The van der Waals surface area contributed by atoms with Crippen LogP contribution in [-0.2, 0) is 0 Å². The van der Waals surface area contributed by atoms with E-state index in [1.54, 1.807) is 0 Å². The molecule has 104 valence electrons. The summed E-state index contributed by atoms with van der Waals surface area (Å²) < 4.78 is 0. The van der Waals surface area contributed by atoms with Crippen LogP contribution in [0.4, 0.5) is 0 Å². The highest BCUT2D eigenvalue weighted by atomic mass is 32.2. The first-order valence-electron chi connectivity index (χ1n) is 6.36. The number of thioether (sulfide) groups is 1. The number of nitrogens with zero attached hydrogens (tertiary/aromatic N) is 3. The molecule has 2 rings (SSSR count). The average Bonchev–Trinajstić information content (AvgIpc) is 2.52. The maximum Gasteiger partial charge on any atom is 0.116 e. The van der Waals surface area contributed by atoms with Gasteiger partial charge >= 0.3 is 0 Å². The summed E-state index contributed by atoms with van der Waals surface area (Å²) in [6.07, 6.45) is 0. The van der Waals surface area contributed by atoms with Crippen molar-refractivity contribution < 1.29 is 5.11 Å². The first-order chi connectivity index (χ1) is 10.2. The molecule has 0 amide bonds. The van der Waals surface area contributed by atoms with Crippen LogP contribution in [0.5, 0.6) is 0 Å². The maximum atomic E-state index is 9.48. The van der Waals surface area contributed by atoms with Crippen LogP contribution in [-0.4, -0.2) is 22.5 Å². The number of hydrogen-bond donors (Lipinski definition) is 1. The van der Waals surface area contributed by atoms with E-state index in [0.717, 1.165) is 5.56 Å². The minimum atomic E-state index is -0.00140. The van der Waals surface area contributed by atoms with Gasteiger partial charge in [-0.25, -0.2) is 4.98 Å². The summed E-state index contributed by atoms with van der Waals surface area (Å²) in [5.74, 6) is 0.441. The first-order valence-corrected chi connectivity index (χ1v) is 7.35. The third-order valence-corrected chi connectivity index (χ3v) is 3.92. The van der Waals surface area contributed by atoms with E-state index in [1.807, 2.05) is 37.3 Å². The number of benzene rings is 1. The molecule has 0 aliphatic carbocycles. The van der Waals surface area contributed by atoms with Crippen molar-refractivity contribution in [2.45, 2.75) is 11.9 Å². The molecule has 2 aromatic rings. The largest absolute Gasteiger partial charge is 0.396 e. The predicted octanol–water partition coefficient (Wildman–Crippen LogP) is 2.88. The molecule has 0 radical (unpaired) electrons. The van der Waals surface area contributed by atoms with Crippen molar-refractivity contribution in [1.29, 1.82) is 10.5 Å². The van der Waals surface area contributed by atoms with Gasteiger partial charge in [0.15, 0.2) is 0 Å². The number of pyridine rings is 1. The molecule has 1 N–H and O–H groups in total. The van der Waals surface area contributed by atoms with Crippen molar-refractivity contribution >= 4 is 11.8 Å². The summed E-state index contributed by atoms with van der Waals surface area (Å²) >= 11 is 1.28. The van der Waals surface area contributed by atoms with Crippen LogP contribution in [0.25, 0.3) is 11.1 Å². The van der Waals surface area contributed by atoms with Gasteiger partial charge in [0.05, 0.1) is 12.2 Å².